The van der Waals surface area contributed by atoms with E-state index in [0.717, 1.165) is 4.90 Å². The minimum atomic E-state index is -0.565. The standard InChI is InChI=1S/C16H29N3O4/c1-15(2,3)19(14(22)23-16(4,5)6)9-8-17-11-10-12(20)18(7)13(11)21/h11,17H,8-10H2,1-7H3. The van der Waals surface area contributed by atoms with Crippen molar-refractivity contribution in [2.45, 2.75) is 65.1 Å². The molecule has 0 aromatic heterocycles. The number of nitrogens with one attached hydrogen (secondary N) is 1. The van der Waals surface area contributed by atoms with Crippen molar-refractivity contribution in [3.8, 4) is 0 Å². The first-order valence-electron chi connectivity index (χ1n) is 7.87. The van der Waals surface area contributed by atoms with Crippen LogP contribution in [0.2, 0.25) is 0 Å². The molecule has 0 radical (unpaired) electrons. The van der Waals surface area contributed by atoms with Gasteiger partial charge < -0.3 is 15.0 Å². The van der Waals surface area contributed by atoms with Crippen LogP contribution in [0.5, 0.6) is 0 Å². The molecule has 7 nitrogen and oxygen atoms in total. The highest BCUT2D eigenvalue weighted by molar-refractivity contribution is 6.05. The van der Waals surface area contributed by atoms with Crippen LogP contribution in [0.3, 0.4) is 0 Å². The maximum Gasteiger partial charge on any atom is 0.410 e. The predicted molar refractivity (Wildman–Crippen MR) is 86.9 cm³/mol. The Hall–Kier alpha value is -1.63. The van der Waals surface area contributed by atoms with Crippen LogP contribution in [0.4, 0.5) is 4.79 Å². The summed E-state index contributed by atoms with van der Waals surface area (Å²) in [5.41, 5.74) is -0.971. The number of hydrogen-bond donors (Lipinski definition) is 1. The lowest BCUT2D eigenvalue weighted by molar-refractivity contribution is -0.137. The van der Waals surface area contributed by atoms with E-state index < -0.39 is 23.3 Å². The SMILES string of the molecule is CN1C(=O)CC(NCCN(C(=O)OC(C)(C)C)C(C)(C)C)C1=O. The molecule has 1 fully saturated rings. The second kappa shape index (κ2) is 6.86. The van der Waals surface area contributed by atoms with Crippen molar-refractivity contribution in [3.63, 3.8) is 0 Å². The van der Waals surface area contributed by atoms with Crippen LogP contribution in [0.25, 0.3) is 0 Å². The van der Waals surface area contributed by atoms with Gasteiger partial charge >= 0.3 is 6.09 Å². The van der Waals surface area contributed by atoms with Crippen LogP contribution >= 0.6 is 0 Å². The molecule has 7 heteroatoms. The number of rotatable bonds is 4. The highest BCUT2D eigenvalue weighted by Crippen LogP contribution is 2.18. The second-order valence-electron chi connectivity index (χ2n) is 7.80. The number of likely N-dealkylation sites (N-methyl/N-ethyl adjacent to an activating group) is 1. The number of likely N-dealkylation sites (tertiary alicyclic amines) is 1. The number of amides is 3. The summed E-state index contributed by atoms with van der Waals surface area (Å²) in [6.45, 7) is 12.0. The molecule has 0 aromatic rings. The monoisotopic (exact) mass is 327 g/mol. The van der Waals surface area contributed by atoms with Gasteiger partial charge in [0, 0.05) is 25.7 Å². The Morgan fingerprint density at radius 2 is 1.83 bits per heavy atom. The van der Waals surface area contributed by atoms with Crippen molar-refractivity contribution in [1.29, 1.82) is 0 Å². The van der Waals surface area contributed by atoms with Crippen LogP contribution in [0.15, 0.2) is 0 Å². The topological polar surface area (TPSA) is 79.0 Å². The van der Waals surface area contributed by atoms with E-state index in [4.69, 9.17) is 4.74 Å². The summed E-state index contributed by atoms with van der Waals surface area (Å²) < 4.78 is 5.43. The van der Waals surface area contributed by atoms with Crippen molar-refractivity contribution >= 4 is 17.9 Å². The minimum Gasteiger partial charge on any atom is -0.444 e. The quantitative estimate of drug-likeness (QED) is 0.789. The van der Waals surface area contributed by atoms with Crippen LogP contribution in [-0.4, -0.2) is 65.0 Å². The number of ether oxygens (including phenoxy) is 1. The summed E-state index contributed by atoms with van der Waals surface area (Å²) in [4.78, 5) is 38.4. The number of hydrogen-bond acceptors (Lipinski definition) is 5. The lowest BCUT2D eigenvalue weighted by atomic mass is 10.1. The van der Waals surface area contributed by atoms with E-state index in [2.05, 4.69) is 5.32 Å². The van der Waals surface area contributed by atoms with Gasteiger partial charge in [-0.05, 0) is 41.5 Å². The number of carbonyl (C=O) groups excluding carboxylic acids is 3. The summed E-state index contributed by atoms with van der Waals surface area (Å²) in [6.07, 6.45) is -0.227. The summed E-state index contributed by atoms with van der Waals surface area (Å²) in [6, 6.07) is -0.507. The molecule has 132 valence electrons. The molecule has 1 unspecified atom stereocenters. The zero-order valence-corrected chi connectivity index (χ0v) is 15.2. The Kier molecular flexibility index (Phi) is 5.79. The fourth-order valence-electron chi connectivity index (χ4n) is 2.28. The molecule has 1 aliphatic rings. The van der Waals surface area contributed by atoms with Crippen LogP contribution in [0.1, 0.15) is 48.0 Å². The molecule has 0 aliphatic carbocycles. The molecule has 1 N–H and O–H groups in total. The van der Waals surface area contributed by atoms with E-state index in [1.807, 2.05) is 41.5 Å². The molecule has 0 aromatic carbocycles. The van der Waals surface area contributed by atoms with Crippen molar-refractivity contribution in [2.24, 2.45) is 0 Å². The Labute approximate surface area is 138 Å². The van der Waals surface area contributed by atoms with E-state index >= 15 is 0 Å². The van der Waals surface area contributed by atoms with Crippen LogP contribution < -0.4 is 5.32 Å². The Morgan fingerprint density at radius 3 is 2.22 bits per heavy atom. The van der Waals surface area contributed by atoms with E-state index in [1.54, 1.807) is 4.90 Å². The molecule has 3 amide bonds. The third-order valence-corrected chi connectivity index (χ3v) is 3.53. The fourth-order valence-corrected chi connectivity index (χ4v) is 2.28. The Balaban J connectivity index is 2.61. The summed E-state index contributed by atoms with van der Waals surface area (Å²) in [5, 5.41) is 3.05. The van der Waals surface area contributed by atoms with E-state index in [1.165, 1.54) is 7.05 Å². The van der Waals surface area contributed by atoms with Gasteiger partial charge in [0.15, 0.2) is 0 Å². The molecule has 1 aliphatic heterocycles. The molecular formula is C16H29N3O4. The van der Waals surface area contributed by atoms with E-state index in [0.29, 0.717) is 13.1 Å². The average Bonchev–Trinajstić information content (AvgIpc) is 2.58. The maximum atomic E-state index is 12.3. The molecule has 1 heterocycles. The molecular weight excluding hydrogens is 298 g/mol. The molecule has 1 saturated heterocycles. The normalized spacial score (nSPS) is 19.3. The predicted octanol–water partition coefficient (Wildman–Crippen LogP) is 1.37. The van der Waals surface area contributed by atoms with Crippen molar-refractivity contribution in [3.05, 3.63) is 0 Å². The number of imide groups is 1. The zero-order valence-electron chi connectivity index (χ0n) is 15.2. The first-order chi connectivity index (χ1) is 10.3. The number of carbonyl (C=O) groups is 3. The fraction of sp³-hybridized carbons (Fsp3) is 0.812. The third kappa shape index (κ3) is 5.49. The van der Waals surface area contributed by atoms with Gasteiger partial charge in [-0.25, -0.2) is 4.79 Å². The third-order valence-electron chi connectivity index (χ3n) is 3.53. The highest BCUT2D eigenvalue weighted by atomic mass is 16.6. The van der Waals surface area contributed by atoms with Crippen molar-refractivity contribution in [1.82, 2.24) is 15.1 Å². The first kappa shape index (κ1) is 19.4. The van der Waals surface area contributed by atoms with Gasteiger partial charge in [0.1, 0.15) is 5.60 Å². The maximum absolute atomic E-state index is 12.3. The average molecular weight is 327 g/mol. The first-order valence-corrected chi connectivity index (χ1v) is 7.87. The lowest BCUT2D eigenvalue weighted by Crippen LogP contribution is -2.51. The summed E-state index contributed by atoms with van der Waals surface area (Å²) in [7, 11) is 1.48. The lowest BCUT2D eigenvalue weighted by Gasteiger charge is -2.37. The van der Waals surface area contributed by atoms with Gasteiger partial charge in [-0.15, -0.1) is 0 Å². The van der Waals surface area contributed by atoms with Gasteiger partial charge in [-0.2, -0.15) is 0 Å². The van der Waals surface area contributed by atoms with Gasteiger partial charge in [0.25, 0.3) is 0 Å². The van der Waals surface area contributed by atoms with Gasteiger partial charge in [0.2, 0.25) is 11.8 Å². The van der Waals surface area contributed by atoms with Gasteiger partial charge in [-0.3, -0.25) is 14.5 Å². The molecule has 0 spiro atoms. The largest absolute Gasteiger partial charge is 0.444 e. The Morgan fingerprint density at radius 1 is 1.26 bits per heavy atom. The summed E-state index contributed by atoms with van der Waals surface area (Å²) in [5.74, 6) is -0.415. The van der Waals surface area contributed by atoms with Crippen molar-refractivity contribution < 1.29 is 19.1 Å². The smallest absolute Gasteiger partial charge is 0.410 e. The van der Waals surface area contributed by atoms with Crippen LogP contribution in [-0.2, 0) is 14.3 Å². The zero-order chi connectivity index (χ0) is 18.0. The molecule has 0 saturated carbocycles. The van der Waals surface area contributed by atoms with E-state index in [9.17, 15) is 14.4 Å². The van der Waals surface area contributed by atoms with Gasteiger partial charge in [-0.1, -0.05) is 0 Å². The van der Waals surface area contributed by atoms with Crippen molar-refractivity contribution in [2.75, 3.05) is 20.1 Å². The molecule has 1 atom stereocenters. The molecule has 23 heavy (non-hydrogen) atoms. The Bertz CT molecular complexity index is 477. The highest BCUT2D eigenvalue weighted by Gasteiger charge is 2.36. The second-order valence-corrected chi connectivity index (χ2v) is 7.80. The molecule has 0 bridgehead atoms. The van der Waals surface area contributed by atoms with Crippen LogP contribution in [0, 0.1) is 0 Å². The summed E-state index contributed by atoms with van der Waals surface area (Å²) >= 11 is 0. The van der Waals surface area contributed by atoms with Gasteiger partial charge in [0.05, 0.1) is 12.5 Å². The number of nitrogens with zero attached hydrogens (tertiary/aromatic N) is 2. The molecule has 1 rings (SSSR count). The van der Waals surface area contributed by atoms with E-state index in [-0.39, 0.29) is 18.2 Å². The minimum absolute atomic E-state index is 0.164.